The maximum atomic E-state index is 10.1. The quantitative estimate of drug-likeness (QED) is 0.526. The molecule has 2 aromatic heterocycles. The van der Waals surface area contributed by atoms with Crippen LogP contribution in [0.3, 0.4) is 0 Å². The summed E-state index contributed by atoms with van der Waals surface area (Å²) < 4.78 is 16.4. The molecule has 2 heterocycles. The predicted molar refractivity (Wildman–Crippen MR) is 78.7 cm³/mol. The molecule has 0 aliphatic heterocycles. The molecule has 148 valence electrons. The van der Waals surface area contributed by atoms with Crippen LogP contribution in [0.2, 0.25) is 0 Å². The molecular formula is C12H8N4O12. The van der Waals surface area contributed by atoms with Crippen LogP contribution in [0, 0.1) is 0 Å². The van der Waals surface area contributed by atoms with Gasteiger partial charge in [-0.3, -0.25) is 0 Å². The Hall–Kier alpha value is -4.76. The number of rotatable bonds is 4. The average Bonchev–Trinajstić information content (AvgIpc) is 2.55. The lowest BCUT2D eigenvalue weighted by atomic mass is 10.6. The summed E-state index contributed by atoms with van der Waals surface area (Å²) in [6, 6.07) is 0.638. The first-order chi connectivity index (χ1) is 13.2. The van der Waals surface area contributed by atoms with Crippen molar-refractivity contribution in [2.75, 3.05) is 0 Å². The largest absolute Gasteiger partial charge is 0.513 e. The molecule has 0 radical (unpaired) electrons. The van der Waals surface area contributed by atoms with E-state index in [1.165, 1.54) is 0 Å². The molecule has 0 saturated heterocycles. The summed E-state index contributed by atoms with van der Waals surface area (Å²) in [5, 5.41) is 32.7. The van der Waals surface area contributed by atoms with Crippen molar-refractivity contribution in [2.45, 2.75) is 0 Å². The lowest BCUT2D eigenvalue weighted by Gasteiger charge is -1.99. The monoisotopic (exact) mass is 400 g/mol. The van der Waals surface area contributed by atoms with E-state index in [0.29, 0.717) is 0 Å². The standard InChI is InChI=1S/2C6H4N2O6/c9-5(10)13-3-1-7-4(2-8-3)14-6(11)12;9-5(10)13-3-1-2-7-4(8-3)14-6(11)12/h2*1-2H,(H,9,10)(H,11,12). The van der Waals surface area contributed by atoms with Gasteiger partial charge in [-0.1, -0.05) is 0 Å². The van der Waals surface area contributed by atoms with Gasteiger partial charge in [0.2, 0.25) is 17.6 Å². The van der Waals surface area contributed by atoms with Gasteiger partial charge in [-0.05, 0) is 0 Å². The lowest BCUT2D eigenvalue weighted by molar-refractivity contribution is 0.136. The van der Waals surface area contributed by atoms with Crippen LogP contribution in [-0.4, -0.2) is 65.0 Å². The minimum Gasteiger partial charge on any atom is -0.449 e. The van der Waals surface area contributed by atoms with E-state index in [0.717, 1.165) is 24.7 Å². The van der Waals surface area contributed by atoms with E-state index in [-0.39, 0.29) is 17.6 Å². The van der Waals surface area contributed by atoms with Gasteiger partial charge in [-0.25, -0.2) is 34.1 Å². The third kappa shape index (κ3) is 8.92. The summed E-state index contributed by atoms with van der Waals surface area (Å²) in [4.78, 5) is 53.7. The molecule has 0 aliphatic carbocycles. The molecule has 0 spiro atoms. The number of carboxylic acid groups (broad SMARTS) is 4. The number of aromatic nitrogens is 4. The highest BCUT2D eigenvalue weighted by Gasteiger charge is 2.08. The van der Waals surface area contributed by atoms with Crippen LogP contribution in [0.15, 0.2) is 24.7 Å². The highest BCUT2D eigenvalue weighted by atomic mass is 16.7. The van der Waals surface area contributed by atoms with Crippen molar-refractivity contribution in [2.24, 2.45) is 0 Å². The fraction of sp³-hybridized carbons (Fsp3) is 0. The highest BCUT2D eigenvalue weighted by molar-refractivity contribution is 5.61. The van der Waals surface area contributed by atoms with E-state index in [4.69, 9.17) is 20.4 Å². The smallest absolute Gasteiger partial charge is 0.449 e. The van der Waals surface area contributed by atoms with Crippen LogP contribution in [0.5, 0.6) is 23.7 Å². The number of nitrogens with zero attached hydrogens (tertiary/aromatic N) is 4. The Morgan fingerprint density at radius 1 is 0.643 bits per heavy atom. The molecule has 0 aliphatic rings. The molecular weight excluding hydrogens is 392 g/mol. The third-order valence-electron chi connectivity index (χ3n) is 1.97. The molecule has 28 heavy (non-hydrogen) atoms. The summed E-state index contributed by atoms with van der Waals surface area (Å²) in [7, 11) is 0. The topological polar surface area (TPSA) is 238 Å². The Bertz CT molecular complexity index is 790. The zero-order valence-corrected chi connectivity index (χ0v) is 13.2. The summed E-state index contributed by atoms with van der Waals surface area (Å²) in [6.45, 7) is 0. The lowest BCUT2D eigenvalue weighted by Crippen LogP contribution is -2.09. The second-order valence-corrected chi connectivity index (χ2v) is 3.84. The van der Waals surface area contributed by atoms with E-state index in [1.807, 2.05) is 0 Å². The van der Waals surface area contributed by atoms with Gasteiger partial charge >= 0.3 is 30.6 Å². The van der Waals surface area contributed by atoms with Crippen molar-refractivity contribution < 1.29 is 58.6 Å². The predicted octanol–water partition coefficient (Wildman–Crippen LogP) is 1.18. The van der Waals surface area contributed by atoms with Crippen LogP contribution in [0.1, 0.15) is 0 Å². The number of ether oxygens (including phenoxy) is 4. The Morgan fingerprint density at radius 3 is 1.46 bits per heavy atom. The maximum absolute atomic E-state index is 10.1. The molecule has 2 rings (SSSR count). The van der Waals surface area contributed by atoms with Crippen LogP contribution in [-0.2, 0) is 0 Å². The van der Waals surface area contributed by atoms with Crippen molar-refractivity contribution in [3.63, 3.8) is 0 Å². The zero-order valence-electron chi connectivity index (χ0n) is 13.2. The Balaban J connectivity index is 0.000000280. The summed E-state index contributed by atoms with van der Waals surface area (Å²) in [6.07, 6.45) is -3.29. The Morgan fingerprint density at radius 2 is 1.07 bits per heavy atom. The number of hydrogen-bond acceptors (Lipinski definition) is 12. The van der Waals surface area contributed by atoms with E-state index in [2.05, 4.69) is 38.9 Å². The first-order valence-electron chi connectivity index (χ1n) is 6.44. The van der Waals surface area contributed by atoms with E-state index >= 15 is 0 Å². The highest BCUT2D eigenvalue weighted by Crippen LogP contribution is 2.10. The molecule has 16 heteroatoms. The molecule has 2 aromatic rings. The minimum atomic E-state index is -1.60. The van der Waals surface area contributed by atoms with Crippen LogP contribution in [0.4, 0.5) is 19.2 Å². The van der Waals surface area contributed by atoms with Gasteiger partial charge in [-0.15, -0.1) is 0 Å². The van der Waals surface area contributed by atoms with Crippen molar-refractivity contribution in [3.8, 4) is 23.7 Å². The van der Waals surface area contributed by atoms with Crippen molar-refractivity contribution in [3.05, 3.63) is 24.7 Å². The normalized spacial score (nSPS) is 9.14. The van der Waals surface area contributed by atoms with Gasteiger partial charge in [-0.2, -0.15) is 4.98 Å². The average molecular weight is 400 g/mol. The van der Waals surface area contributed by atoms with Crippen LogP contribution in [0.25, 0.3) is 0 Å². The summed E-state index contributed by atoms with van der Waals surface area (Å²) in [5.74, 6) is -0.853. The number of carbonyl (C=O) groups is 4. The van der Waals surface area contributed by atoms with E-state index in [9.17, 15) is 19.2 Å². The van der Waals surface area contributed by atoms with E-state index < -0.39 is 30.6 Å². The second-order valence-electron chi connectivity index (χ2n) is 3.84. The fourth-order valence-electron chi connectivity index (χ4n) is 1.19. The molecule has 0 unspecified atom stereocenters. The van der Waals surface area contributed by atoms with Crippen LogP contribution < -0.4 is 18.9 Å². The van der Waals surface area contributed by atoms with E-state index in [1.54, 1.807) is 0 Å². The minimum absolute atomic E-state index is 0.268. The first-order valence-corrected chi connectivity index (χ1v) is 6.44. The Labute approximate surface area is 152 Å². The molecule has 4 N–H and O–H groups in total. The van der Waals surface area contributed by atoms with Gasteiger partial charge in [0, 0.05) is 12.3 Å². The molecule has 0 atom stereocenters. The Kier molecular flexibility index (Phi) is 7.81. The SMILES string of the molecule is O=C(O)Oc1ccnc(OC(=O)O)n1.O=C(O)Oc1cnc(OC(=O)O)cn1. The second kappa shape index (κ2) is 10.3. The van der Waals surface area contributed by atoms with Gasteiger partial charge < -0.3 is 39.4 Å². The maximum Gasteiger partial charge on any atom is 0.513 e. The fourth-order valence-corrected chi connectivity index (χ4v) is 1.19. The summed E-state index contributed by atoms with van der Waals surface area (Å²) in [5.41, 5.74) is 0. The zero-order chi connectivity index (χ0) is 21.1. The third-order valence-corrected chi connectivity index (χ3v) is 1.97. The van der Waals surface area contributed by atoms with Crippen molar-refractivity contribution in [1.29, 1.82) is 0 Å². The molecule has 0 fully saturated rings. The molecule has 0 aromatic carbocycles. The van der Waals surface area contributed by atoms with Crippen molar-refractivity contribution >= 4 is 24.6 Å². The van der Waals surface area contributed by atoms with Gasteiger partial charge in [0.25, 0.3) is 0 Å². The van der Waals surface area contributed by atoms with Crippen molar-refractivity contribution in [1.82, 2.24) is 19.9 Å². The van der Waals surface area contributed by atoms with Gasteiger partial charge in [0.1, 0.15) is 0 Å². The first kappa shape index (κ1) is 21.3. The molecule has 16 nitrogen and oxygen atoms in total. The molecule has 0 amide bonds. The number of hydrogen-bond donors (Lipinski definition) is 4. The molecule has 0 bridgehead atoms. The molecule has 0 saturated carbocycles. The summed E-state index contributed by atoms with van der Waals surface area (Å²) >= 11 is 0. The van der Waals surface area contributed by atoms with Crippen LogP contribution >= 0.6 is 0 Å². The van der Waals surface area contributed by atoms with Gasteiger partial charge in [0.15, 0.2) is 0 Å². The van der Waals surface area contributed by atoms with Gasteiger partial charge in [0.05, 0.1) is 12.4 Å².